The van der Waals surface area contributed by atoms with Gasteiger partial charge in [0.15, 0.2) is 0 Å². The topological polar surface area (TPSA) is 35.6 Å². The fourth-order valence-corrected chi connectivity index (χ4v) is 4.57. The van der Waals surface area contributed by atoms with E-state index >= 15 is 0 Å². The summed E-state index contributed by atoms with van der Waals surface area (Å²) < 4.78 is 0. The molecule has 0 aliphatic carbocycles. The van der Waals surface area contributed by atoms with Gasteiger partial charge in [0.1, 0.15) is 0 Å². The number of thiophene rings is 1. The number of amides is 2. The van der Waals surface area contributed by atoms with Crippen LogP contribution in [-0.4, -0.2) is 48.1 Å². The Bertz CT molecular complexity index is 676. The molecule has 25 heavy (non-hydrogen) atoms. The monoisotopic (exact) mass is 355 g/mol. The molecule has 1 aromatic heterocycles. The van der Waals surface area contributed by atoms with E-state index in [0.717, 1.165) is 18.7 Å². The van der Waals surface area contributed by atoms with Gasteiger partial charge in [-0.1, -0.05) is 42.8 Å². The van der Waals surface area contributed by atoms with Gasteiger partial charge in [0.05, 0.1) is 6.04 Å². The van der Waals surface area contributed by atoms with Crippen molar-refractivity contribution in [2.75, 3.05) is 26.2 Å². The zero-order valence-corrected chi connectivity index (χ0v) is 15.3. The smallest absolute Gasteiger partial charge is 0.318 e. The summed E-state index contributed by atoms with van der Waals surface area (Å²) in [5.74, 6) is 0. The molecule has 5 heteroatoms. The molecule has 132 valence electrons. The Morgan fingerprint density at radius 2 is 1.80 bits per heavy atom. The number of rotatable bonds is 4. The Kier molecular flexibility index (Phi) is 5.04. The minimum atomic E-state index is -0.0669. The average molecular weight is 356 g/mol. The molecule has 1 atom stereocenters. The van der Waals surface area contributed by atoms with E-state index in [0.29, 0.717) is 6.04 Å². The summed E-state index contributed by atoms with van der Waals surface area (Å²) >= 11 is 1.69. The largest absolute Gasteiger partial charge is 0.326 e. The van der Waals surface area contributed by atoms with Crippen molar-refractivity contribution in [1.29, 1.82) is 0 Å². The standard InChI is InChI=1S/C20H25N3OS/c24-20(23-14-17(15-23)22-11-5-2-6-12-22)21-19(18-10-7-13-25-18)16-8-3-1-4-9-16/h1,3-4,7-10,13,17,19H,2,5-6,11-12,14-15H2,(H,21,24)/t19-/m0/s1. The highest BCUT2D eigenvalue weighted by molar-refractivity contribution is 7.10. The first-order valence-electron chi connectivity index (χ1n) is 9.19. The van der Waals surface area contributed by atoms with Crippen LogP contribution in [0.5, 0.6) is 0 Å². The Hall–Kier alpha value is -1.85. The maximum atomic E-state index is 12.7. The highest BCUT2D eigenvalue weighted by atomic mass is 32.1. The zero-order chi connectivity index (χ0) is 17.1. The summed E-state index contributed by atoms with van der Waals surface area (Å²) in [7, 11) is 0. The number of hydrogen-bond donors (Lipinski definition) is 1. The van der Waals surface area contributed by atoms with E-state index in [1.54, 1.807) is 11.3 Å². The molecule has 2 aliphatic rings. The number of hydrogen-bond acceptors (Lipinski definition) is 3. The lowest BCUT2D eigenvalue weighted by Gasteiger charge is -2.46. The van der Waals surface area contributed by atoms with E-state index in [1.165, 1.54) is 37.2 Å². The molecule has 1 N–H and O–H groups in total. The summed E-state index contributed by atoms with van der Waals surface area (Å²) in [6, 6.07) is 14.9. The molecule has 2 saturated heterocycles. The van der Waals surface area contributed by atoms with Crippen molar-refractivity contribution in [2.24, 2.45) is 0 Å². The second-order valence-corrected chi connectivity index (χ2v) is 7.94. The lowest BCUT2D eigenvalue weighted by Crippen LogP contribution is -2.63. The second kappa shape index (κ2) is 7.58. The third-order valence-corrected chi connectivity index (χ3v) is 6.22. The van der Waals surface area contributed by atoms with E-state index in [2.05, 4.69) is 33.8 Å². The van der Waals surface area contributed by atoms with Crippen molar-refractivity contribution in [2.45, 2.75) is 31.3 Å². The van der Waals surface area contributed by atoms with Crippen LogP contribution in [0, 0.1) is 0 Å². The van der Waals surface area contributed by atoms with Gasteiger partial charge in [0, 0.05) is 24.0 Å². The maximum Gasteiger partial charge on any atom is 0.318 e. The average Bonchev–Trinajstić information content (AvgIpc) is 3.14. The fraction of sp³-hybridized carbons (Fsp3) is 0.450. The van der Waals surface area contributed by atoms with Crippen molar-refractivity contribution in [3.63, 3.8) is 0 Å². The quantitative estimate of drug-likeness (QED) is 0.907. The number of carbonyl (C=O) groups excluding carboxylic acids is 1. The van der Waals surface area contributed by atoms with Gasteiger partial charge in [-0.05, 0) is 42.9 Å². The summed E-state index contributed by atoms with van der Waals surface area (Å²) in [5, 5.41) is 5.30. The number of carbonyl (C=O) groups is 1. The van der Waals surface area contributed by atoms with Crippen molar-refractivity contribution in [3.8, 4) is 0 Å². The molecule has 0 unspecified atom stereocenters. The van der Waals surface area contributed by atoms with Gasteiger partial charge >= 0.3 is 6.03 Å². The molecule has 4 nitrogen and oxygen atoms in total. The van der Waals surface area contributed by atoms with Crippen LogP contribution in [0.4, 0.5) is 4.79 Å². The Morgan fingerprint density at radius 1 is 1.04 bits per heavy atom. The lowest BCUT2D eigenvalue weighted by atomic mass is 10.0. The summed E-state index contributed by atoms with van der Waals surface area (Å²) in [6.45, 7) is 4.11. The molecule has 3 heterocycles. The second-order valence-electron chi connectivity index (χ2n) is 6.96. The molecule has 1 aromatic carbocycles. The van der Waals surface area contributed by atoms with E-state index < -0.39 is 0 Å². The van der Waals surface area contributed by atoms with Gasteiger partial charge in [0.2, 0.25) is 0 Å². The zero-order valence-electron chi connectivity index (χ0n) is 14.4. The van der Waals surface area contributed by atoms with E-state index in [-0.39, 0.29) is 12.1 Å². The summed E-state index contributed by atoms with van der Waals surface area (Å²) in [5.41, 5.74) is 1.13. The minimum absolute atomic E-state index is 0.0514. The molecule has 2 aliphatic heterocycles. The predicted molar refractivity (Wildman–Crippen MR) is 102 cm³/mol. The van der Waals surface area contributed by atoms with Gasteiger partial charge in [-0.15, -0.1) is 11.3 Å². The van der Waals surface area contributed by atoms with Crippen LogP contribution in [0.1, 0.15) is 35.7 Å². The Balaban J connectivity index is 1.38. The van der Waals surface area contributed by atoms with Crippen molar-refractivity contribution >= 4 is 17.4 Å². The molecule has 0 radical (unpaired) electrons. The van der Waals surface area contributed by atoms with Crippen molar-refractivity contribution in [1.82, 2.24) is 15.1 Å². The predicted octanol–water partition coefficient (Wildman–Crippen LogP) is 3.72. The normalized spacial score (nSPS) is 20.1. The first-order valence-corrected chi connectivity index (χ1v) is 10.1. The van der Waals surface area contributed by atoms with Crippen LogP contribution in [0.25, 0.3) is 0 Å². The van der Waals surface area contributed by atoms with Crippen LogP contribution in [-0.2, 0) is 0 Å². The molecule has 0 spiro atoms. The molecule has 2 fully saturated rings. The van der Waals surface area contributed by atoms with Crippen molar-refractivity contribution < 1.29 is 4.79 Å². The summed E-state index contributed by atoms with van der Waals surface area (Å²) in [6.07, 6.45) is 3.96. The molecule has 0 saturated carbocycles. The molecular weight excluding hydrogens is 330 g/mol. The Morgan fingerprint density at radius 3 is 2.48 bits per heavy atom. The molecular formula is C20H25N3OS. The van der Waals surface area contributed by atoms with Gasteiger partial charge in [-0.25, -0.2) is 4.79 Å². The van der Waals surface area contributed by atoms with Crippen LogP contribution in [0.15, 0.2) is 47.8 Å². The molecule has 0 bridgehead atoms. The number of nitrogens with one attached hydrogen (secondary N) is 1. The Labute approximate surface area is 153 Å². The van der Waals surface area contributed by atoms with Gasteiger partial charge in [-0.3, -0.25) is 4.90 Å². The van der Waals surface area contributed by atoms with Crippen LogP contribution in [0.2, 0.25) is 0 Å². The van der Waals surface area contributed by atoms with Crippen LogP contribution in [0.3, 0.4) is 0 Å². The van der Waals surface area contributed by atoms with Gasteiger partial charge < -0.3 is 10.2 Å². The lowest BCUT2D eigenvalue weighted by molar-refractivity contribution is 0.0446. The first kappa shape index (κ1) is 16.6. The third kappa shape index (κ3) is 3.72. The highest BCUT2D eigenvalue weighted by Crippen LogP contribution is 2.27. The first-order chi connectivity index (χ1) is 12.3. The highest BCUT2D eigenvalue weighted by Gasteiger charge is 2.36. The third-order valence-electron chi connectivity index (χ3n) is 5.28. The van der Waals surface area contributed by atoms with E-state index in [1.807, 2.05) is 29.2 Å². The number of likely N-dealkylation sites (tertiary alicyclic amines) is 2. The molecule has 2 amide bonds. The minimum Gasteiger partial charge on any atom is -0.326 e. The molecule has 4 rings (SSSR count). The molecule has 2 aromatic rings. The number of piperidine rings is 1. The van der Waals surface area contributed by atoms with Crippen LogP contribution >= 0.6 is 11.3 Å². The van der Waals surface area contributed by atoms with Gasteiger partial charge in [-0.2, -0.15) is 0 Å². The summed E-state index contributed by atoms with van der Waals surface area (Å²) in [4.78, 5) is 18.4. The maximum absolute atomic E-state index is 12.7. The number of urea groups is 1. The van der Waals surface area contributed by atoms with E-state index in [9.17, 15) is 4.79 Å². The van der Waals surface area contributed by atoms with Crippen molar-refractivity contribution in [3.05, 3.63) is 58.3 Å². The fourth-order valence-electron chi connectivity index (χ4n) is 3.77. The number of nitrogens with zero attached hydrogens (tertiary/aromatic N) is 2. The van der Waals surface area contributed by atoms with Crippen LogP contribution < -0.4 is 5.32 Å². The van der Waals surface area contributed by atoms with E-state index in [4.69, 9.17) is 0 Å². The SMILES string of the molecule is O=C(N[C@@H](c1ccccc1)c1cccs1)N1CC(N2CCCCC2)C1. The number of benzene rings is 1. The van der Waals surface area contributed by atoms with Gasteiger partial charge in [0.25, 0.3) is 0 Å².